The van der Waals surface area contributed by atoms with Gasteiger partial charge in [-0.25, -0.2) is 0 Å². The van der Waals surface area contributed by atoms with Crippen molar-refractivity contribution in [2.75, 3.05) is 7.11 Å². The molecule has 0 aliphatic heterocycles. The number of hydrogen-bond acceptors (Lipinski definition) is 3. The van der Waals surface area contributed by atoms with Crippen LogP contribution in [0.25, 0.3) is 0 Å². The molecule has 0 spiro atoms. The number of aliphatic carboxylic acids is 1. The Bertz CT molecular complexity index is 498. The molecule has 0 bridgehead atoms. The van der Waals surface area contributed by atoms with E-state index in [1.807, 2.05) is 24.3 Å². The van der Waals surface area contributed by atoms with Gasteiger partial charge in [-0.3, -0.25) is 9.59 Å². The number of hydrogen-bond donors (Lipinski definition) is 2. The lowest BCUT2D eigenvalue weighted by Gasteiger charge is -2.12. The van der Waals surface area contributed by atoms with E-state index in [0.717, 1.165) is 17.7 Å². The Morgan fingerprint density at radius 2 is 2.00 bits per heavy atom. The first-order chi connectivity index (χ1) is 10.1. The zero-order valence-corrected chi connectivity index (χ0v) is 12.2. The van der Waals surface area contributed by atoms with Gasteiger partial charge in [-0.05, 0) is 43.4 Å². The highest BCUT2D eigenvalue weighted by atomic mass is 16.5. The largest absolute Gasteiger partial charge is 0.497 e. The highest BCUT2D eigenvalue weighted by molar-refractivity contribution is 5.77. The predicted octanol–water partition coefficient (Wildman–Crippen LogP) is 2.00. The van der Waals surface area contributed by atoms with Gasteiger partial charge < -0.3 is 15.2 Å². The minimum absolute atomic E-state index is 0.00877. The Kier molecular flexibility index (Phi) is 5.20. The molecule has 1 fully saturated rings. The normalized spacial score (nSPS) is 21.0. The van der Waals surface area contributed by atoms with Crippen LogP contribution in [-0.4, -0.2) is 30.1 Å². The Morgan fingerprint density at radius 1 is 1.29 bits per heavy atom. The SMILES string of the molecule is COc1ccc(CCC(=O)N[C@@H]2CC[C@H](C(=O)O)C2)cc1. The number of carboxylic acid groups (broad SMARTS) is 1. The maximum absolute atomic E-state index is 11.9. The van der Waals surface area contributed by atoms with E-state index in [1.165, 1.54) is 0 Å². The van der Waals surface area contributed by atoms with Crippen molar-refractivity contribution in [3.8, 4) is 5.75 Å². The van der Waals surface area contributed by atoms with Crippen LogP contribution in [0.3, 0.4) is 0 Å². The fourth-order valence-corrected chi connectivity index (χ4v) is 2.69. The first-order valence-corrected chi connectivity index (χ1v) is 7.23. The second-order valence-electron chi connectivity index (χ2n) is 5.46. The molecule has 0 saturated heterocycles. The van der Waals surface area contributed by atoms with Gasteiger partial charge in [-0.1, -0.05) is 12.1 Å². The van der Waals surface area contributed by atoms with Gasteiger partial charge in [0, 0.05) is 12.5 Å². The van der Waals surface area contributed by atoms with Gasteiger partial charge in [0.2, 0.25) is 5.91 Å². The van der Waals surface area contributed by atoms with E-state index in [2.05, 4.69) is 5.32 Å². The fraction of sp³-hybridized carbons (Fsp3) is 0.500. The summed E-state index contributed by atoms with van der Waals surface area (Å²) >= 11 is 0. The van der Waals surface area contributed by atoms with Gasteiger partial charge in [-0.15, -0.1) is 0 Å². The highest BCUT2D eigenvalue weighted by Gasteiger charge is 2.30. The molecule has 1 aromatic rings. The molecule has 1 aromatic carbocycles. The Labute approximate surface area is 124 Å². The van der Waals surface area contributed by atoms with Crippen LogP contribution in [0.5, 0.6) is 5.75 Å². The molecule has 5 nitrogen and oxygen atoms in total. The lowest BCUT2D eigenvalue weighted by Crippen LogP contribution is -2.33. The van der Waals surface area contributed by atoms with E-state index in [4.69, 9.17) is 9.84 Å². The molecule has 0 aromatic heterocycles. The van der Waals surface area contributed by atoms with Crippen LogP contribution in [0.4, 0.5) is 0 Å². The van der Waals surface area contributed by atoms with Crippen LogP contribution in [0.2, 0.25) is 0 Å². The van der Waals surface area contributed by atoms with Gasteiger partial charge in [0.05, 0.1) is 13.0 Å². The molecule has 5 heteroatoms. The van der Waals surface area contributed by atoms with E-state index in [9.17, 15) is 9.59 Å². The first kappa shape index (κ1) is 15.4. The Morgan fingerprint density at radius 3 is 2.57 bits per heavy atom. The summed E-state index contributed by atoms with van der Waals surface area (Å²) in [5.74, 6) is -0.280. The number of ether oxygens (including phenoxy) is 1. The molecule has 1 aliphatic carbocycles. The number of methoxy groups -OCH3 is 1. The van der Waals surface area contributed by atoms with Crippen LogP contribution in [0.1, 0.15) is 31.2 Å². The topological polar surface area (TPSA) is 75.6 Å². The smallest absolute Gasteiger partial charge is 0.306 e. The van der Waals surface area contributed by atoms with Gasteiger partial charge in [-0.2, -0.15) is 0 Å². The number of aryl methyl sites for hydroxylation is 1. The summed E-state index contributed by atoms with van der Waals surface area (Å²) in [6.07, 6.45) is 3.04. The predicted molar refractivity (Wildman–Crippen MR) is 78.2 cm³/mol. The molecule has 2 rings (SSSR count). The minimum Gasteiger partial charge on any atom is -0.497 e. The van der Waals surface area contributed by atoms with Crippen molar-refractivity contribution in [2.24, 2.45) is 5.92 Å². The highest BCUT2D eigenvalue weighted by Crippen LogP contribution is 2.25. The summed E-state index contributed by atoms with van der Waals surface area (Å²) in [4.78, 5) is 22.8. The van der Waals surface area contributed by atoms with E-state index < -0.39 is 5.97 Å². The lowest BCUT2D eigenvalue weighted by atomic mass is 10.1. The van der Waals surface area contributed by atoms with Gasteiger partial charge in [0.15, 0.2) is 0 Å². The monoisotopic (exact) mass is 291 g/mol. The van der Waals surface area contributed by atoms with Crippen molar-refractivity contribution in [3.05, 3.63) is 29.8 Å². The van der Waals surface area contributed by atoms with Crippen LogP contribution in [0, 0.1) is 5.92 Å². The summed E-state index contributed by atoms with van der Waals surface area (Å²) < 4.78 is 5.09. The fourth-order valence-electron chi connectivity index (χ4n) is 2.69. The quantitative estimate of drug-likeness (QED) is 0.840. The second-order valence-corrected chi connectivity index (χ2v) is 5.46. The molecule has 0 radical (unpaired) electrons. The van der Waals surface area contributed by atoms with Gasteiger partial charge in [0.1, 0.15) is 5.75 Å². The molecule has 2 atom stereocenters. The number of carbonyl (C=O) groups is 2. The molecule has 1 amide bonds. The molecular weight excluding hydrogens is 270 g/mol. The Hall–Kier alpha value is -2.04. The standard InChI is InChI=1S/C16H21NO4/c1-21-14-7-2-11(3-8-14)4-9-15(18)17-13-6-5-12(10-13)16(19)20/h2-3,7-8,12-13H,4-6,9-10H2,1H3,(H,17,18)(H,19,20)/t12-,13+/m0/s1. The van der Waals surface area contributed by atoms with Crippen LogP contribution < -0.4 is 10.1 Å². The summed E-state index contributed by atoms with van der Waals surface area (Å²) in [6.45, 7) is 0. The molecule has 21 heavy (non-hydrogen) atoms. The Balaban J connectivity index is 1.73. The van der Waals surface area contributed by atoms with Crippen molar-refractivity contribution in [1.29, 1.82) is 0 Å². The van der Waals surface area contributed by atoms with Crippen molar-refractivity contribution in [3.63, 3.8) is 0 Å². The number of carbonyl (C=O) groups excluding carboxylic acids is 1. The third kappa shape index (κ3) is 4.48. The third-order valence-electron chi connectivity index (χ3n) is 3.95. The number of amides is 1. The average molecular weight is 291 g/mol. The van der Waals surface area contributed by atoms with E-state index in [0.29, 0.717) is 25.7 Å². The van der Waals surface area contributed by atoms with E-state index in [1.54, 1.807) is 7.11 Å². The van der Waals surface area contributed by atoms with Crippen LogP contribution >= 0.6 is 0 Å². The molecule has 0 heterocycles. The van der Waals surface area contributed by atoms with Crippen molar-refractivity contribution < 1.29 is 19.4 Å². The summed E-state index contributed by atoms with van der Waals surface area (Å²) in [5, 5.41) is 11.9. The average Bonchev–Trinajstić information content (AvgIpc) is 2.94. The first-order valence-electron chi connectivity index (χ1n) is 7.23. The number of nitrogens with one attached hydrogen (secondary N) is 1. The van der Waals surface area contributed by atoms with Crippen LogP contribution in [-0.2, 0) is 16.0 Å². The number of rotatable bonds is 6. The van der Waals surface area contributed by atoms with E-state index in [-0.39, 0.29) is 17.9 Å². The van der Waals surface area contributed by atoms with E-state index >= 15 is 0 Å². The summed E-state index contributed by atoms with van der Waals surface area (Å²) in [6, 6.07) is 7.66. The molecule has 1 saturated carbocycles. The zero-order valence-electron chi connectivity index (χ0n) is 12.2. The molecular formula is C16H21NO4. The van der Waals surface area contributed by atoms with Crippen molar-refractivity contribution in [2.45, 2.75) is 38.1 Å². The third-order valence-corrected chi connectivity index (χ3v) is 3.95. The lowest BCUT2D eigenvalue weighted by molar-refractivity contribution is -0.141. The van der Waals surface area contributed by atoms with Crippen LogP contribution in [0.15, 0.2) is 24.3 Å². The van der Waals surface area contributed by atoms with Crippen molar-refractivity contribution in [1.82, 2.24) is 5.32 Å². The van der Waals surface area contributed by atoms with Gasteiger partial charge >= 0.3 is 5.97 Å². The summed E-state index contributed by atoms with van der Waals surface area (Å²) in [7, 11) is 1.62. The number of carboxylic acids is 1. The molecule has 0 unspecified atom stereocenters. The second kappa shape index (κ2) is 7.11. The minimum atomic E-state index is -0.759. The van der Waals surface area contributed by atoms with Crippen molar-refractivity contribution >= 4 is 11.9 Å². The maximum Gasteiger partial charge on any atom is 0.306 e. The summed E-state index contributed by atoms with van der Waals surface area (Å²) in [5.41, 5.74) is 1.08. The zero-order chi connectivity index (χ0) is 15.2. The van der Waals surface area contributed by atoms with Gasteiger partial charge in [0.25, 0.3) is 0 Å². The maximum atomic E-state index is 11.9. The molecule has 2 N–H and O–H groups in total. The number of benzene rings is 1. The molecule has 114 valence electrons. The molecule has 1 aliphatic rings.